The smallest absolute Gasteiger partial charge is 0.174 e. The lowest BCUT2D eigenvalue weighted by atomic mass is 9.82. The molecule has 20 heavy (non-hydrogen) atoms. The maximum absolute atomic E-state index is 13.7. The van der Waals surface area contributed by atoms with Crippen molar-refractivity contribution in [2.24, 2.45) is 0 Å². The summed E-state index contributed by atoms with van der Waals surface area (Å²) >= 11 is 0. The molecule has 0 amide bonds. The van der Waals surface area contributed by atoms with Crippen molar-refractivity contribution in [3.8, 4) is 0 Å². The van der Waals surface area contributed by atoms with Gasteiger partial charge in [0.2, 0.25) is 0 Å². The monoisotopic (exact) mass is 273 g/mol. The summed E-state index contributed by atoms with van der Waals surface area (Å²) in [4.78, 5) is 16.8. The Bertz CT molecular complexity index is 669. The molecule has 0 spiro atoms. The van der Waals surface area contributed by atoms with Crippen LogP contribution in [0.4, 0.5) is 8.78 Å². The number of pyridine rings is 1. The number of aryl methyl sites for hydroxylation is 1. The lowest BCUT2D eigenvalue weighted by Gasteiger charge is -2.23. The molecule has 1 aliphatic rings. The second kappa shape index (κ2) is 5.12. The van der Waals surface area contributed by atoms with Gasteiger partial charge in [-0.2, -0.15) is 0 Å². The van der Waals surface area contributed by atoms with Crippen molar-refractivity contribution in [1.29, 1.82) is 0 Å². The molecule has 1 aliphatic carbocycles. The van der Waals surface area contributed by atoms with Gasteiger partial charge in [-0.1, -0.05) is 6.07 Å². The molecule has 1 heterocycles. The lowest BCUT2D eigenvalue weighted by Crippen LogP contribution is -2.21. The Morgan fingerprint density at radius 2 is 2.10 bits per heavy atom. The zero-order valence-electron chi connectivity index (χ0n) is 10.8. The fourth-order valence-electron chi connectivity index (χ4n) is 2.74. The Morgan fingerprint density at radius 3 is 2.95 bits per heavy atom. The highest BCUT2D eigenvalue weighted by atomic mass is 19.1. The SMILES string of the molecule is O=C(c1cc(F)ccc1F)C1CCCc2cccnc21. The Hall–Kier alpha value is -2.10. The molecule has 0 saturated heterocycles. The number of aromatic nitrogens is 1. The second-order valence-corrected chi connectivity index (χ2v) is 4.98. The third-order valence-corrected chi connectivity index (χ3v) is 3.71. The van der Waals surface area contributed by atoms with Crippen molar-refractivity contribution >= 4 is 5.78 Å². The van der Waals surface area contributed by atoms with E-state index in [1.54, 1.807) is 6.20 Å². The maximum atomic E-state index is 13.7. The van der Waals surface area contributed by atoms with Crippen LogP contribution < -0.4 is 0 Å². The van der Waals surface area contributed by atoms with Gasteiger partial charge in [0.15, 0.2) is 5.78 Å². The van der Waals surface area contributed by atoms with Gasteiger partial charge >= 0.3 is 0 Å². The van der Waals surface area contributed by atoms with Crippen molar-refractivity contribution in [3.05, 3.63) is 65.0 Å². The largest absolute Gasteiger partial charge is 0.293 e. The van der Waals surface area contributed by atoms with Crippen LogP contribution in [0.2, 0.25) is 0 Å². The van der Waals surface area contributed by atoms with Crippen molar-refractivity contribution in [2.45, 2.75) is 25.2 Å². The van der Waals surface area contributed by atoms with E-state index in [4.69, 9.17) is 0 Å². The fraction of sp³-hybridized carbons (Fsp3) is 0.250. The molecule has 1 aromatic carbocycles. The predicted molar refractivity (Wildman–Crippen MR) is 70.6 cm³/mol. The summed E-state index contributed by atoms with van der Waals surface area (Å²) in [6.45, 7) is 0. The molecule has 2 nitrogen and oxygen atoms in total. The number of carbonyl (C=O) groups is 1. The minimum absolute atomic E-state index is 0.187. The minimum Gasteiger partial charge on any atom is -0.293 e. The van der Waals surface area contributed by atoms with E-state index in [1.807, 2.05) is 12.1 Å². The number of halogens is 2. The van der Waals surface area contributed by atoms with Gasteiger partial charge in [-0.25, -0.2) is 8.78 Å². The summed E-state index contributed by atoms with van der Waals surface area (Å²) in [5.74, 6) is -2.15. The van der Waals surface area contributed by atoms with Crippen LogP contribution in [0.5, 0.6) is 0 Å². The molecule has 0 saturated carbocycles. The highest BCUT2D eigenvalue weighted by molar-refractivity contribution is 6.01. The molecule has 1 unspecified atom stereocenters. The molecule has 0 bridgehead atoms. The number of hydrogen-bond acceptors (Lipinski definition) is 2. The van der Waals surface area contributed by atoms with Gasteiger partial charge in [0.1, 0.15) is 11.6 Å². The van der Waals surface area contributed by atoms with Gasteiger partial charge in [-0.05, 0) is 49.1 Å². The highest BCUT2D eigenvalue weighted by Gasteiger charge is 2.30. The average molecular weight is 273 g/mol. The van der Waals surface area contributed by atoms with Crippen LogP contribution in [0.15, 0.2) is 36.5 Å². The van der Waals surface area contributed by atoms with Crippen LogP contribution in [0.3, 0.4) is 0 Å². The van der Waals surface area contributed by atoms with Crippen LogP contribution >= 0.6 is 0 Å². The number of benzene rings is 1. The van der Waals surface area contributed by atoms with Crippen molar-refractivity contribution in [2.75, 3.05) is 0 Å². The van der Waals surface area contributed by atoms with E-state index in [0.29, 0.717) is 12.1 Å². The topological polar surface area (TPSA) is 30.0 Å². The molecule has 0 fully saturated rings. The summed E-state index contributed by atoms with van der Waals surface area (Å²) in [5.41, 5.74) is 1.54. The first kappa shape index (κ1) is 12.9. The van der Waals surface area contributed by atoms with Gasteiger partial charge in [0.25, 0.3) is 0 Å². The third kappa shape index (κ3) is 2.22. The molecule has 2 aromatic rings. The first-order chi connectivity index (χ1) is 9.66. The van der Waals surface area contributed by atoms with E-state index >= 15 is 0 Å². The number of carbonyl (C=O) groups excluding carboxylic acids is 1. The van der Waals surface area contributed by atoms with E-state index in [1.165, 1.54) is 0 Å². The normalized spacial score (nSPS) is 17.6. The number of nitrogens with zero attached hydrogens (tertiary/aromatic N) is 1. The maximum Gasteiger partial charge on any atom is 0.174 e. The Labute approximate surface area is 115 Å². The fourth-order valence-corrected chi connectivity index (χ4v) is 2.74. The number of hydrogen-bond donors (Lipinski definition) is 0. The van der Waals surface area contributed by atoms with Crippen molar-refractivity contribution in [1.82, 2.24) is 4.98 Å². The second-order valence-electron chi connectivity index (χ2n) is 4.98. The molecule has 3 rings (SSSR count). The van der Waals surface area contributed by atoms with Crippen molar-refractivity contribution in [3.63, 3.8) is 0 Å². The summed E-state index contributed by atoms with van der Waals surface area (Å²) < 4.78 is 27.0. The Morgan fingerprint density at radius 1 is 1.25 bits per heavy atom. The number of ketones is 1. The Kier molecular flexibility index (Phi) is 3.30. The summed E-state index contributed by atoms with van der Waals surface area (Å²) in [6.07, 6.45) is 3.98. The molecular formula is C16H13F2NO. The molecule has 102 valence electrons. The van der Waals surface area contributed by atoms with Gasteiger partial charge in [0.05, 0.1) is 17.2 Å². The van der Waals surface area contributed by atoms with Gasteiger partial charge in [-0.15, -0.1) is 0 Å². The number of Topliss-reactive ketones (excluding diaryl/α,β-unsaturated/α-hetero) is 1. The highest BCUT2D eigenvalue weighted by Crippen LogP contribution is 2.33. The standard InChI is InChI=1S/C16H13F2NO/c17-11-6-7-14(18)13(9-11)16(20)12-5-1-3-10-4-2-8-19-15(10)12/h2,4,6-9,12H,1,3,5H2. The number of fused-ring (bicyclic) bond motifs is 1. The van der Waals surface area contributed by atoms with E-state index in [0.717, 1.165) is 36.6 Å². The molecule has 1 aromatic heterocycles. The zero-order chi connectivity index (χ0) is 14.1. The summed E-state index contributed by atoms with van der Waals surface area (Å²) in [5, 5.41) is 0. The van der Waals surface area contributed by atoms with E-state index in [-0.39, 0.29) is 11.3 Å². The molecule has 1 atom stereocenters. The zero-order valence-corrected chi connectivity index (χ0v) is 10.8. The lowest BCUT2D eigenvalue weighted by molar-refractivity contribution is 0.0944. The Balaban J connectivity index is 2.02. The number of rotatable bonds is 2. The van der Waals surface area contributed by atoms with Gasteiger partial charge < -0.3 is 0 Å². The quantitative estimate of drug-likeness (QED) is 0.781. The first-order valence-corrected chi connectivity index (χ1v) is 6.60. The third-order valence-electron chi connectivity index (χ3n) is 3.71. The van der Waals surface area contributed by atoms with E-state index in [9.17, 15) is 13.6 Å². The summed E-state index contributed by atoms with van der Waals surface area (Å²) in [7, 11) is 0. The van der Waals surface area contributed by atoms with E-state index < -0.39 is 17.6 Å². The van der Waals surface area contributed by atoms with Crippen LogP contribution in [-0.4, -0.2) is 10.8 Å². The molecule has 4 heteroatoms. The first-order valence-electron chi connectivity index (χ1n) is 6.60. The van der Waals surface area contributed by atoms with Crippen LogP contribution in [0.1, 0.15) is 40.4 Å². The van der Waals surface area contributed by atoms with Crippen LogP contribution in [0, 0.1) is 11.6 Å². The molecular weight excluding hydrogens is 260 g/mol. The van der Waals surface area contributed by atoms with Crippen LogP contribution in [-0.2, 0) is 6.42 Å². The van der Waals surface area contributed by atoms with Crippen LogP contribution in [0.25, 0.3) is 0 Å². The van der Waals surface area contributed by atoms with Gasteiger partial charge in [-0.3, -0.25) is 9.78 Å². The molecule has 0 radical (unpaired) electrons. The molecule has 0 N–H and O–H groups in total. The van der Waals surface area contributed by atoms with E-state index in [2.05, 4.69) is 4.98 Å². The summed E-state index contributed by atoms with van der Waals surface area (Å²) in [6, 6.07) is 6.73. The minimum atomic E-state index is -0.681. The van der Waals surface area contributed by atoms with Crippen molar-refractivity contribution < 1.29 is 13.6 Å². The van der Waals surface area contributed by atoms with Gasteiger partial charge in [0, 0.05) is 6.20 Å². The molecule has 0 aliphatic heterocycles. The average Bonchev–Trinajstić information content (AvgIpc) is 2.48. The predicted octanol–water partition coefficient (Wildman–Crippen LogP) is 3.66.